The van der Waals surface area contributed by atoms with Crippen LogP contribution in [0.1, 0.15) is 28.8 Å². The van der Waals surface area contributed by atoms with Gasteiger partial charge >= 0.3 is 18.0 Å². The van der Waals surface area contributed by atoms with E-state index in [1.54, 1.807) is 12.1 Å². The first-order valence-electron chi connectivity index (χ1n) is 8.70. The minimum absolute atomic E-state index is 0.0321. The molecule has 3 rings (SSSR count). The molecule has 156 valence electrons. The molecule has 0 unspecified atom stereocenters. The number of esters is 2. The van der Waals surface area contributed by atoms with Gasteiger partial charge in [-0.05, 0) is 35.9 Å². The maximum absolute atomic E-state index is 12.6. The Morgan fingerprint density at radius 3 is 2.57 bits per heavy atom. The molecule has 2 aromatic rings. The molecule has 1 aliphatic rings. The molecule has 10 nitrogen and oxygen atoms in total. The predicted molar refractivity (Wildman–Crippen MR) is 101 cm³/mol. The highest BCUT2D eigenvalue weighted by molar-refractivity contribution is 6.13. The summed E-state index contributed by atoms with van der Waals surface area (Å²) >= 11 is 0. The summed E-state index contributed by atoms with van der Waals surface area (Å²) in [4.78, 5) is 48.4. The fraction of sp³-hybridized carbons (Fsp3) is 0.200. The molecule has 0 bridgehead atoms. The molecule has 10 heteroatoms. The predicted octanol–water partition coefficient (Wildman–Crippen LogP) is 2.09. The number of furan rings is 1. The number of methoxy groups -OCH3 is 2. The largest absolute Gasteiger partial charge is 0.493 e. The highest BCUT2D eigenvalue weighted by Crippen LogP contribution is 2.29. The molecular formula is C20H18N2O8. The van der Waals surface area contributed by atoms with Gasteiger partial charge in [-0.2, -0.15) is 0 Å². The van der Waals surface area contributed by atoms with Crippen molar-refractivity contribution in [2.45, 2.75) is 13.5 Å². The average molecular weight is 414 g/mol. The van der Waals surface area contributed by atoms with Gasteiger partial charge in [0.2, 0.25) is 5.76 Å². The second kappa shape index (κ2) is 8.52. The number of carbonyl (C=O) groups is 4. The third-order valence-electron chi connectivity index (χ3n) is 4.08. The van der Waals surface area contributed by atoms with Crippen LogP contribution in [0.2, 0.25) is 0 Å². The summed E-state index contributed by atoms with van der Waals surface area (Å²) in [5, 5.41) is 2.49. The number of rotatable bonds is 6. The van der Waals surface area contributed by atoms with Gasteiger partial charge in [0.15, 0.2) is 11.5 Å². The minimum atomic E-state index is -0.662. The van der Waals surface area contributed by atoms with Crippen molar-refractivity contribution in [1.82, 2.24) is 10.2 Å². The quantitative estimate of drug-likeness (QED) is 0.330. The monoisotopic (exact) mass is 414 g/mol. The summed E-state index contributed by atoms with van der Waals surface area (Å²) in [6.07, 6.45) is 1.46. The molecule has 1 fully saturated rings. The number of hydrogen-bond donors (Lipinski definition) is 1. The molecule has 2 heterocycles. The van der Waals surface area contributed by atoms with E-state index in [-0.39, 0.29) is 29.5 Å². The lowest BCUT2D eigenvalue weighted by Gasteiger charge is -2.09. The third-order valence-corrected chi connectivity index (χ3v) is 4.08. The standard InChI is InChI=1S/C20H18N2O8/c1-11(23)29-15-6-4-12(9-17(15)27-2)8-14-18(24)22(20(26)21-14)10-13-5-7-16(30-13)19(25)28-3/h4-9H,10H2,1-3H3,(H,21,26)/b14-8-. The van der Waals surface area contributed by atoms with E-state index in [4.69, 9.17) is 13.9 Å². The lowest BCUT2D eigenvalue weighted by atomic mass is 10.1. The summed E-state index contributed by atoms with van der Waals surface area (Å²) in [6.45, 7) is 1.11. The fourth-order valence-electron chi connectivity index (χ4n) is 2.72. The van der Waals surface area contributed by atoms with Crippen LogP contribution in [0.25, 0.3) is 6.08 Å². The SMILES string of the molecule is COC(=O)c1ccc(CN2C(=O)N/C(=C\c3ccc(OC(C)=O)c(OC)c3)C2=O)o1. The maximum Gasteiger partial charge on any atom is 0.373 e. The van der Waals surface area contributed by atoms with Gasteiger partial charge in [-0.15, -0.1) is 0 Å². The van der Waals surface area contributed by atoms with Gasteiger partial charge in [0.05, 0.1) is 20.8 Å². The lowest BCUT2D eigenvalue weighted by molar-refractivity contribution is -0.132. The van der Waals surface area contributed by atoms with Crippen molar-refractivity contribution in [3.8, 4) is 11.5 Å². The number of hydrogen-bond acceptors (Lipinski definition) is 8. The Morgan fingerprint density at radius 1 is 1.13 bits per heavy atom. The van der Waals surface area contributed by atoms with Crippen molar-refractivity contribution < 1.29 is 37.8 Å². The average Bonchev–Trinajstić information content (AvgIpc) is 3.28. The number of urea groups is 1. The van der Waals surface area contributed by atoms with Crippen LogP contribution in [0, 0.1) is 0 Å². The minimum Gasteiger partial charge on any atom is -0.493 e. The molecule has 0 atom stereocenters. The Hall–Kier alpha value is -4.08. The van der Waals surface area contributed by atoms with E-state index in [9.17, 15) is 19.2 Å². The normalized spacial score (nSPS) is 14.6. The van der Waals surface area contributed by atoms with Crippen LogP contribution < -0.4 is 14.8 Å². The number of nitrogens with zero attached hydrogens (tertiary/aromatic N) is 1. The third kappa shape index (κ3) is 4.32. The zero-order valence-electron chi connectivity index (χ0n) is 16.4. The Morgan fingerprint density at radius 2 is 1.90 bits per heavy atom. The Balaban J connectivity index is 1.78. The van der Waals surface area contributed by atoms with Gasteiger partial charge < -0.3 is 23.9 Å². The van der Waals surface area contributed by atoms with Crippen molar-refractivity contribution in [2.24, 2.45) is 0 Å². The van der Waals surface area contributed by atoms with E-state index in [0.29, 0.717) is 11.3 Å². The fourth-order valence-corrected chi connectivity index (χ4v) is 2.72. The highest BCUT2D eigenvalue weighted by Gasteiger charge is 2.34. The van der Waals surface area contributed by atoms with E-state index < -0.39 is 23.9 Å². The van der Waals surface area contributed by atoms with Crippen molar-refractivity contribution in [3.63, 3.8) is 0 Å². The van der Waals surface area contributed by atoms with Crippen LogP contribution in [0.3, 0.4) is 0 Å². The molecule has 0 radical (unpaired) electrons. The number of benzene rings is 1. The van der Waals surface area contributed by atoms with Gasteiger partial charge in [0.1, 0.15) is 11.5 Å². The Kier molecular flexibility index (Phi) is 5.86. The Bertz CT molecular complexity index is 1050. The first kappa shape index (κ1) is 20.6. The zero-order valence-corrected chi connectivity index (χ0v) is 16.4. The van der Waals surface area contributed by atoms with E-state index in [2.05, 4.69) is 10.1 Å². The molecule has 1 aromatic carbocycles. The highest BCUT2D eigenvalue weighted by atomic mass is 16.6. The molecule has 3 amide bonds. The van der Waals surface area contributed by atoms with Crippen molar-refractivity contribution in [1.29, 1.82) is 0 Å². The van der Waals surface area contributed by atoms with Crippen LogP contribution in [0.4, 0.5) is 4.79 Å². The van der Waals surface area contributed by atoms with Crippen LogP contribution in [-0.2, 0) is 20.9 Å². The van der Waals surface area contributed by atoms with E-state index in [1.807, 2.05) is 0 Å². The number of carbonyl (C=O) groups excluding carboxylic acids is 4. The molecule has 0 aliphatic carbocycles. The van der Waals surface area contributed by atoms with Crippen LogP contribution in [-0.4, -0.2) is 43.0 Å². The number of imide groups is 1. The molecule has 1 aromatic heterocycles. The second-order valence-corrected chi connectivity index (χ2v) is 6.14. The smallest absolute Gasteiger partial charge is 0.373 e. The van der Waals surface area contributed by atoms with Crippen LogP contribution in [0.5, 0.6) is 11.5 Å². The van der Waals surface area contributed by atoms with Crippen LogP contribution in [0.15, 0.2) is 40.4 Å². The molecule has 1 N–H and O–H groups in total. The molecule has 1 saturated heterocycles. The topological polar surface area (TPSA) is 124 Å². The zero-order chi connectivity index (χ0) is 21.8. The maximum atomic E-state index is 12.6. The molecule has 0 saturated carbocycles. The van der Waals surface area contributed by atoms with Gasteiger partial charge in [-0.1, -0.05) is 6.07 Å². The van der Waals surface area contributed by atoms with Crippen LogP contribution >= 0.6 is 0 Å². The summed E-state index contributed by atoms with van der Waals surface area (Å²) < 4.78 is 20.1. The van der Waals surface area contributed by atoms with Crippen molar-refractivity contribution in [2.75, 3.05) is 14.2 Å². The van der Waals surface area contributed by atoms with E-state index in [1.165, 1.54) is 45.4 Å². The second-order valence-electron chi connectivity index (χ2n) is 6.14. The Labute approximate surface area is 171 Å². The molecule has 0 spiro atoms. The number of nitrogens with one attached hydrogen (secondary N) is 1. The molecule has 30 heavy (non-hydrogen) atoms. The van der Waals surface area contributed by atoms with Gasteiger partial charge in [-0.25, -0.2) is 9.59 Å². The first-order chi connectivity index (χ1) is 14.3. The molecule has 1 aliphatic heterocycles. The van der Waals surface area contributed by atoms with E-state index >= 15 is 0 Å². The summed E-state index contributed by atoms with van der Waals surface area (Å²) in [6, 6.07) is 6.92. The lowest BCUT2D eigenvalue weighted by Crippen LogP contribution is -2.30. The summed E-state index contributed by atoms with van der Waals surface area (Å²) in [5.41, 5.74) is 0.585. The van der Waals surface area contributed by atoms with Crippen molar-refractivity contribution >= 4 is 30.0 Å². The van der Waals surface area contributed by atoms with Crippen molar-refractivity contribution in [3.05, 3.63) is 53.1 Å². The summed E-state index contributed by atoms with van der Waals surface area (Å²) in [5.74, 6) is -0.998. The molecular weight excluding hydrogens is 396 g/mol. The van der Waals surface area contributed by atoms with Gasteiger partial charge in [-0.3, -0.25) is 14.5 Å². The van der Waals surface area contributed by atoms with E-state index in [0.717, 1.165) is 4.90 Å². The number of ether oxygens (including phenoxy) is 3. The summed E-state index contributed by atoms with van der Waals surface area (Å²) in [7, 11) is 2.63. The number of amides is 3. The van der Waals surface area contributed by atoms with Gasteiger partial charge in [0.25, 0.3) is 5.91 Å². The van der Waals surface area contributed by atoms with Gasteiger partial charge in [0, 0.05) is 6.92 Å². The first-order valence-corrected chi connectivity index (χ1v) is 8.70.